The molecule has 26 heavy (non-hydrogen) atoms. The minimum Gasteiger partial charge on any atom is -0.326 e. The lowest BCUT2D eigenvalue weighted by molar-refractivity contribution is -0.384. The molecular formula is C17H13Cl2N3O4. The summed E-state index contributed by atoms with van der Waals surface area (Å²) in [6.07, 6.45) is 2.61. The third kappa shape index (κ3) is 5.30. The molecule has 0 saturated heterocycles. The van der Waals surface area contributed by atoms with Crippen LogP contribution in [0.25, 0.3) is 6.08 Å². The molecule has 0 bridgehead atoms. The molecule has 2 N–H and O–H groups in total. The third-order valence-electron chi connectivity index (χ3n) is 3.14. The van der Waals surface area contributed by atoms with Crippen LogP contribution < -0.4 is 10.6 Å². The fourth-order valence-electron chi connectivity index (χ4n) is 2.02. The quantitative estimate of drug-likeness (QED) is 0.443. The number of carbonyl (C=O) groups is 2. The molecule has 0 aliphatic heterocycles. The topological polar surface area (TPSA) is 101 Å². The summed E-state index contributed by atoms with van der Waals surface area (Å²) in [5, 5.41) is 16.3. The van der Waals surface area contributed by atoms with Crippen molar-refractivity contribution in [1.29, 1.82) is 0 Å². The molecule has 9 heteroatoms. The maximum Gasteiger partial charge on any atom is 0.288 e. The molecule has 2 aromatic rings. The smallest absolute Gasteiger partial charge is 0.288 e. The van der Waals surface area contributed by atoms with Crippen molar-refractivity contribution in [3.63, 3.8) is 0 Å². The highest BCUT2D eigenvalue weighted by Crippen LogP contribution is 2.27. The number of rotatable bonds is 5. The number of nitrogens with one attached hydrogen (secondary N) is 2. The number of carbonyl (C=O) groups excluding carboxylic acids is 2. The first kappa shape index (κ1) is 19.4. The van der Waals surface area contributed by atoms with Crippen molar-refractivity contribution in [2.45, 2.75) is 6.92 Å². The van der Waals surface area contributed by atoms with Crippen LogP contribution in [0.4, 0.5) is 17.1 Å². The van der Waals surface area contributed by atoms with Gasteiger partial charge in [0.05, 0.1) is 15.6 Å². The van der Waals surface area contributed by atoms with Crippen LogP contribution in [0.2, 0.25) is 10.0 Å². The maximum atomic E-state index is 12.1. The van der Waals surface area contributed by atoms with Gasteiger partial charge < -0.3 is 10.6 Å². The molecule has 0 spiro atoms. The highest BCUT2D eigenvalue weighted by atomic mass is 35.5. The lowest BCUT2D eigenvalue weighted by Gasteiger charge is -2.08. The number of nitro benzene ring substituents is 1. The lowest BCUT2D eigenvalue weighted by atomic mass is 10.2. The number of nitrogens with zero attached hydrogens (tertiary/aromatic N) is 1. The molecule has 0 aliphatic rings. The molecule has 0 aliphatic carbocycles. The Labute approximate surface area is 158 Å². The Hall–Kier alpha value is -2.90. The SMILES string of the molecule is CC(=O)Nc1ccc(Cl)c(NC(=O)/C=C/c2ccc(Cl)c([N+](=O)[O-])c2)c1. The molecule has 2 amide bonds. The van der Waals surface area contributed by atoms with Gasteiger partial charge >= 0.3 is 0 Å². The minimum absolute atomic E-state index is 0.0122. The van der Waals surface area contributed by atoms with Crippen LogP contribution in [-0.4, -0.2) is 16.7 Å². The monoisotopic (exact) mass is 393 g/mol. The number of amides is 2. The predicted octanol–water partition coefficient (Wildman–Crippen LogP) is 4.51. The Bertz CT molecular complexity index is 913. The van der Waals surface area contributed by atoms with Gasteiger partial charge in [-0.2, -0.15) is 0 Å². The molecule has 0 heterocycles. The van der Waals surface area contributed by atoms with Crippen molar-refractivity contribution in [2.75, 3.05) is 10.6 Å². The van der Waals surface area contributed by atoms with E-state index in [0.29, 0.717) is 22.0 Å². The highest BCUT2D eigenvalue weighted by molar-refractivity contribution is 6.34. The molecule has 0 unspecified atom stereocenters. The van der Waals surface area contributed by atoms with Gasteiger partial charge in [-0.15, -0.1) is 0 Å². The van der Waals surface area contributed by atoms with E-state index in [1.165, 1.54) is 43.3 Å². The summed E-state index contributed by atoms with van der Waals surface area (Å²) in [5.74, 6) is -0.752. The molecule has 7 nitrogen and oxygen atoms in total. The number of hydrogen-bond donors (Lipinski definition) is 2. The number of benzene rings is 2. The fourth-order valence-corrected chi connectivity index (χ4v) is 2.37. The highest BCUT2D eigenvalue weighted by Gasteiger charge is 2.12. The third-order valence-corrected chi connectivity index (χ3v) is 3.79. The number of anilines is 2. The van der Waals surface area contributed by atoms with E-state index in [4.69, 9.17) is 23.2 Å². The Morgan fingerprint density at radius 3 is 2.42 bits per heavy atom. The van der Waals surface area contributed by atoms with Crippen molar-refractivity contribution in [3.05, 3.63) is 68.2 Å². The van der Waals surface area contributed by atoms with Crippen LogP contribution in [0.1, 0.15) is 12.5 Å². The second-order valence-corrected chi connectivity index (χ2v) is 5.98. The Morgan fingerprint density at radius 2 is 1.77 bits per heavy atom. The average molecular weight is 394 g/mol. The van der Waals surface area contributed by atoms with Gasteiger partial charge in [-0.3, -0.25) is 19.7 Å². The normalized spacial score (nSPS) is 10.6. The van der Waals surface area contributed by atoms with Gasteiger partial charge in [-0.1, -0.05) is 29.3 Å². The summed E-state index contributed by atoms with van der Waals surface area (Å²) in [4.78, 5) is 33.4. The summed E-state index contributed by atoms with van der Waals surface area (Å²) in [5.41, 5.74) is 0.985. The first-order valence-corrected chi connectivity index (χ1v) is 8.02. The van der Waals surface area contributed by atoms with Crippen molar-refractivity contribution in [1.82, 2.24) is 0 Å². The lowest BCUT2D eigenvalue weighted by Crippen LogP contribution is -2.10. The van der Waals surface area contributed by atoms with Crippen LogP contribution in [-0.2, 0) is 9.59 Å². The summed E-state index contributed by atoms with van der Waals surface area (Å²) in [6.45, 7) is 1.36. The van der Waals surface area contributed by atoms with Gasteiger partial charge in [0, 0.05) is 24.8 Å². The maximum absolute atomic E-state index is 12.1. The molecule has 0 fully saturated rings. The molecule has 0 aromatic heterocycles. The summed E-state index contributed by atoms with van der Waals surface area (Å²) < 4.78 is 0. The van der Waals surface area contributed by atoms with E-state index in [1.807, 2.05) is 0 Å². The largest absolute Gasteiger partial charge is 0.326 e. The zero-order valence-corrected chi connectivity index (χ0v) is 15.0. The van der Waals surface area contributed by atoms with Crippen molar-refractivity contribution >= 4 is 58.2 Å². The fraction of sp³-hybridized carbons (Fsp3) is 0.0588. The molecule has 2 aromatic carbocycles. The summed E-state index contributed by atoms with van der Waals surface area (Å²) >= 11 is 11.8. The van der Waals surface area contributed by atoms with Crippen molar-refractivity contribution in [3.8, 4) is 0 Å². The van der Waals surface area contributed by atoms with Crippen molar-refractivity contribution < 1.29 is 14.5 Å². The van der Waals surface area contributed by atoms with Crippen molar-refractivity contribution in [2.24, 2.45) is 0 Å². The number of halogens is 2. The van der Waals surface area contributed by atoms with E-state index < -0.39 is 10.8 Å². The van der Waals surface area contributed by atoms with Crippen LogP contribution in [0.15, 0.2) is 42.5 Å². The standard InChI is InChI=1S/C17H13Cl2N3O4/c1-10(23)20-12-4-6-13(18)15(9-12)21-17(24)7-3-11-2-5-14(19)16(8-11)22(25)26/h2-9H,1H3,(H,20,23)(H,21,24)/b7-3+. The van der Waals surface area contributed by atoms with Crippen LogP contribution in [0, 0.1) is 10.1 Å². The molecule has 0 saturated carbocycles. The predicted molar refractivity (Wildman–Crippen MR) is 102 cm³/mol. The second kappa shape index (κ2) is 8.46. The van der Waals surface area contributed by atoms with Gasteiger partial charge in [0.25, 0.3) is 5.69 Å². The zero-order chi connectivity index (χ0) is 19.3. The first-order chi connectivity index (χ1) is 12.3. The first-order valence-electron chi connectivity index (χ1n) is 7.26. The van der Waals surface area contributed by atoms with Gasteiger partial charge in [0.15, 0.2) is 0 Å². The van der Waals surface area contributed by atoms with Gasteiger partial charge in [0.2, 0.25) is 11.8 Å². The molecule has 134 valence electrons. The Morgan fingerprint density at radius 1 is 1.08 bits per heavy atom. The number of nitro groups is 1. The van der Waals surface area contributed by atoms with E-state index in [0.717, 1.165) is 0 Å². The minimum atomic E-state index is -0.604. The van der Waals surface area contributed by atoms with Gasteiger partial charge in [-0.05, 0) is 35.9 Å². The molecular weight excluding hydrogens is 381 g/mol. The molecule has 0 atom stereocenters. The Balaban J connectivity index is 2.14. The van der Waals surface area contributed by atoms with Gasteiger partial charge in [-0.25, -0.2) is 0 Å². The van der Waals surface area contributed by atoms with E-state index in [1.54, 1.807) is 12.1 Å². The second-order valence-electron chi connectivity index (χ2n) is 5.17. The summed E-state index contributed by atoms with van der Waals surface area (Å²) in [7, 11) is 0. The van der Waals surface area contributed by atoms with E-state index in [9.17, 15) is 19.7 Å². The zero-order valence-electron chi connectivity index (χ0n) is 13.5. The van der Waals surface area contributed by atoms with Crippen LogP contribution >= 0.6 is 23.2 Å². The van der Waals surface area contributed by atoms with Gasteiger partial charge in [0.1, 0.15) is 5.02 Å². The average Bonchev–Trinajstić information content (AvgIpc) is 2.56. The van der Waals surface area contributed by atoms with Crippen LogP contribution in [0.5, 0.6) is 0 Å². The van der Waals surface area contributed by atoms with E-state index >= 15 is 0 Å². The van der Waals surface area contributed by atoms with E-state index in [2.05, 4.69) is 10.6 Å². The van der Waals surface area contributed by atoms with Crippen LogP contribution in [0.3, 0.4) is 0 Å². The molecule has 2 rings (SSSR count). The number of hydrogen-bond acceptors (Lipinski definition) is 4. The van der Waals surface area contributed by atoms with E-state index in [-0.39, 0.29) is 16.6 Å². The molecule has 0 radical (unpaired) electrons. The summed E-state index contributed by atoms with van der Waals surface area (Å²) in [6, 6.07) is 8.84. The Kier molecular flexibility index (Phi) is 6.32.